The Labute approximate surface area is 70.3 Å². The Balaban J connectivity index is 0. The quantitative estimate of drug-likeness (QED) is 0.307. The normalized spacial score (nSPS) is 16.1. The lowest BCUT2D eigenvalue weighted by atomic mass is 10.7. The molecular weight excluding hydrogens is 196 g/mol. The molecule has 1 heterocycles. The Bertz CT molecular complexity index is 233. The highest BCUT2D eigenvalue weighted by atomic mass is 35.5. The average molecular weight is 203 g/mol. The van der Waals surface area contributed by atoms with E-state index < -0.39 is 10.4 Å². The van der Waals surface area contributed by atoms with Gasteiger partial charge in [0.25, 0.3) is 0 Å². The van der Waals surface area contributed by atoms with E-state index in [9.17, 15) is 0 Å². The molecule has 6 nitrogen and oxygen atoms in total. The molecule has 0 bridgehead atoms. The predicted octanol–water partition coefficient (Wildman–Crippen LogP) is -0.698. The van der Waals surface area contributed by atoms with Gasteiger partial charge in [0.15, 0.2) is 5.29 Å². The molecule has 0 aromatic heterocycles. The van der Waals surface area contributed by atoms with Crippen LogP contribution in [0.5, 0.6) is 0 Å². The lowest BCUT2D eigenvalue weighted by Gasteiger charge is -1.88. The molecule has 1 aliphatic heterocycles. The van der Waals surface area contributed by atoms with Gasteiger partial charge >= 0.3 is 1.43 Å². The summed E-state index contributed by atoms with van der Waals surface area (Å²) in [5.74, 6) is 0. The van der Waals surface area contributed by atoms with Gasteiger partial charge in [-0.1, -0.05) is 0 Å². The highest BCUT2D eigenvalue weighted by molar-refractivity contribution is 7.79. The molecule has 0 amide bonds. The van der Waals surface area contributed by atoms with Gasteiger partial charge in [-0.15, -0.1) is 0 Å². The number of aliphatic imine (C=N–C) groups is 1. The summed E-state index contributed by atoms with van der Waals surface area (Å²) in [6.45, 7) is 1.73. The van der Waals surface area contributed by atoms with Crippen molar-refractivity contribution in [3.8, 4) is 0 Å². The molecule has 0 unspecified atom stereocenters. The lowest BCUT2D eigenvalue weighted by molar-refractivity contribution is 0.366. The second-order valence-corrected chi connectivity index (χ2v) is 2.74. The van der Waals surface area contributed by atoms with Crippen molar-refractivity contribution >= 4 is 27.3 Å². The fraction of sp³-hybridized carbons (Fsp3) is 0.667. The molecule has 8 heteroatoms. The Morgan fingerprint density at radius 3 is 2.36 bits per heavy atom. The van der Waals surface area contributed by atoms with Gasteiger partial charge < -0.3 is 9.87 Å². The third-order valence-electron chi connectivity index (χ3n) is 0.633. The van der Waals surface area contributed by atoms with Gasteiger partial charge in [-0.2, -0.15) is 0 Å². The van der Waals surface area contributed by atoms with Gasteiger partial charge in [0.05, 0.1) is 6.54 Å². The van der Waals surface area contributed by atoms with Crippen molar-refractivity contribution in [1.29, 1.82) is 0 Å². The average Bonchev–Trinajstić information content (AvgIpc) is 2.12. The van der Waals surface area contributed by atoms with Crippen molar-refractivity contribution in [2.24, 2.45) is 4.99 Å². The Kier molecular flexibility index (Phi) is 4.34. The van der Waals surface area contributed by atoms with Gasteiger partial charge in [0.2, 0.25) is 10.4 Å². The zero-order valence-electron chi connectivity index (χ0n) is 6.32. The van der Waals surface area contributed by atoms with Crippen LogP contribution in [-0.2, 0) is 10.4 Å². The summed E-state index contributed by atoms with van der Waals surface area (Å²) >= 11 is 5.35. The van der Waals surface area contributed by atoms with E-state index in [0.29, 0.717) is 5.29 Å². The number of halogens is 1. The summed E-state index contributed by atoms with van der Waals surface area (Å²) in [5.41, 5.74) is 0. The first-order valence-electron chi connectivity index (χ1n) is 2.51. The molecule has 0 atom stereocenters. The van der Waals surface area contributed by atoms with Crippen molar-refractivity contribution in [2.45, 2.75) is 0 Å². The smallest absolute Gasteiger partial charge is 0.726 e. The minimum atomic E-state index is -4.92. The fourth-order valence-corrected chi connectivity index (χ4v) is 0.548. The zero-order valence-corrected chi connectivity index (χ0v) is 6.89. The van der Waals surface area contributed by atoms with E-state index in [2.05, 4.69) is 10.3 Å². The number of nitrogens with zero attached hydrogens (tertiary/aromatic N) is 1. The SMILES string of the molecule is ClC1=NCCN1.O=S(=O)([O-])O.[H+]. The molecule has 0 fully saturated rings. The number of rotatable bonds is 0. The molecule has 0 saturated carbocycles. The van der Waals surface area contributed by atoms with Crippen LogP contribution in [0.3, 0.4) is 0 Å². The van der Waals surface area contributed by atoms with Crippen molar-refractivity contribution in [1.82, 2.24) is 5.32 Å². The van der Waals surface area contributed by atoms with Gasteiger partial charge in [0, 0.05) is 6.54 Å². The summed E-state index contributed by atoms with van der Waals surface area (Å²) in [6, 6.07) is 0. The maximum atomic E-state index is 8.63. The molecule has 1 aliphatic rings. The molecular formula is C3H7ClN2O4S. The van der Waals surface area contributed by atoms with Crippen LogP contribution >= 0.6 is 11.6 Å². The molecule has 0 aliphatic carbocycles. The van der Waals surface area contributed by atoms with Crippen LogP contribution in [-0.4, -0.2) is 35.9 Å². The molecule has 66 valence electrons. The first-order chi connectivity index (χ1) is 4.89. The minimum absolute atomic E-state index is 0. The van der Waals surface area contributed by atoms with E-state index in [1.807, 2.05) is 0 Å². The minimum Gasteiger partial charge on any atom is -0.726 e. The third-order valence-corrected chi connectivity index (χ3v) is 0.886. The van der Waals surface area contributed by atoms with E-state index in [0.717, 1.165) is 13.1 Å². The fourth-order valence-electron chi connectivity index (χ4n) is 0.369. The number of amidine groups is 1. The molecule has 0 spiro atoms. The number of hydrogen-bond donors (Lipinski definition) is 2. The van der Waals surface area contributed by atoms with Gasteiger partial charge in [0.1, 0.15) is 0 Å². The molecule has 1 rings (SSSR count). The maximum absolute atomic E-state index is 8.63. The summed E-state index contributed by atoms with van der Waals surface area (Å²) in [6.07, 6.45) is 0. The largest absolute Gasteiger partial charge is 1.00 e. The van der Waals surface area contributed by atoms with Gasteiger partial charge in [-0.25, -0.2) is 8.42 Å². The molecule has 0 aromatic rings. The number of nitrogens with one attached hydrogen (secondary N) is 1. The van der Waals surface area contributed by atoms with Gasteiger partial charge in [-0.3, -0.25) is 9.55 Å². The molecule has 0 saturated heterocycles. The molecule has 11 heavy (non-hydrogen) atoms. The maximum Gasteiger partial charge on any atom is 1.00 e. The Morgan fingerprint density at radius 2 is 2.27 bits per heavy atom. The van der Waals surface area contributed by atoms with Crippen molar-refractivity contribution in [2.75, 3.05) is 13.1 Å². The van der Waals surface area contributed by atoms with Crippen LogP contribution in [0, 0.1) is 0 Å². The van der Waals surface area contributed by atoms with E-state index in [4.69, 9.17) is 29.1 Å². The standard InChI is InChI=1S/C3H5ClN2.H2O4S/c4-3-5-1-2-6-3;1-5(2,3)4/h1-2H2,(H,5,6);(H2,1,2,3,4). The molecule has 0 radical (unpaired) electrons. The second-order valence-electron chi connectivity index (χ2n) is 1.53. The number of hydrogen-bond acceptors (Lipinski definition) is 5. The van der Waals surface area contributed by atoms with Crippen LogP contribution in [0.2, 0.25) is 0 Å². The topological polar surface area (TPSA) is 102 Å². The third kappa shape index (κ3) is 12.8. The Hall–Kier alpha value is -0.370. The monoisotopic (exact) mass is 202 g/mol. The summed E-state index contributed by atoms with van der Waals surface area (Å²) in [4.78, 5) is 3.81. The van der Waals surface area contributed by atoms with E-state index in [1.54, 1.807) is 0 Å². The molecule has 0 aromatic carbocycles. The van der Waals surface area contributed by atoms with Crippen molar-refractivity contribution < 1.29 is 18.9 Å². The summed E-state index contributed by atoms with van der Waals surface area (Å²) in [5, 5.41) is 3.39. The van der Waals surface area contributed by atoms with Crippen molar-refractivity contribution in [3.05, 3.63) is 0 Å². The summed E-state index contributed by atoms with van der Waals surface area (Å²) < 4.78 is 32.8. The van der Waals surface area contributed by atoms with Gasteiger partial charge in [-0.05, 0) is 11.6 Å². The highest BCUT2D eigenvalue weighted by Gasteiger charge is 1.96. The summed E-state index contributed by atoms with van der Waals surface area (Å²) in [7, 11) is -4.92. The van der Waals surface area contributed by atoms with Crippen molar-refractivity contribution in [3.63, 3.8) is 0 Å². The van der Waals surface area contributed by atoms with E-state index >= 15 is 0 Å². The van der Waals surface area contributed by atoms with Crippen LogP contribution in [0.15, 0.2) is 4.99 Å². The molecule has 2 N–H and O–H groups in total. The van der Waals surface area contributed by atoms with E-state index in [1.165, 1.54) is 0 Å². The van der Waals surface area contributed by atoms with Crippen LogP contribution < -0.4 is 5.32 Å². The first kappa shape index (κ1) is 10.6. The van der Waals surface area contributed by atoms with Crippen LogP contribution in [0.1, 0.15) is 1.43 Å². The Morgan fingerprint density at radius 1 is 1.82 bits per heavy atom. The van der Waals surface area contributed by atoms with E-state index in [-0.39, 0.29) is 1.43 Å². The predicted molar refractivity (Wildman–Crippen MR) is 39.6 cm³/mol. The first-order valence-corrected chi connectivity index (χ1v) is 4.26. The van der Waals surface area contributed by atoms with Crippen LogP contribution in [0.4, 0.5) is 0 Å². The lowest BCUT2D eigenvalue weighted by Crippen LogP contribution is -2.11. The van der Waals surface area contributed by atoms with Crippen LogP contribution in [0.25, 0.3) is 0 Å². The zero-order chi connectivity index (χ0) is 8.91. The second kappa shape index (κ2) is 4.50. The highest BCUT2D eigenvalue weighted by Crippen LogP contribution is 1.86.